The first-order valence-electron chi connectivity index (χ1n) is 24.6. The molecule has 24 heteroatoms. The van der Waals surface area contributed by atoms with Crippen LogP contribution in [0.3, 0.4) is 0 Å². The first-order valence-corrected chi connectivity index (χ1v) is 25.1. The Morgan fingerprint density at radius 2 is 1.60 bits per heavy atom. The van der Waals surface area contributed by atoms with Crippen molar-refractivity contribution in [3.63, 3.8) is 0 Å². The van der Waals surface area contributed by atoms with Crippen molar-refractivity contribution in [2.24, 2.45) is 11.7 Å². The second-order valence-electron chi connectivity index (χ2n) is 18.2. The van der Waals surface area contributed by atoms with Crippen LogP contribution in [-0.4, -0.2) is 179 Å². The Kier molecular flexibility index (Phi) is 22.7. The molecular weight excluding hydrogens is 998 g/mol. The molecule has 2 aliphatic heterocycles. The lowest BCUT2D eigenvalue weighted by Gasteiger charge is -2.26. The van der Waals surface area contributed by atoms with Gasteiger partial charge in [0.1, 0.15) is 31.0 Å². The van der Waals surface area contributed by atoms with Gasteiger partial charge in [0, 0.05) is 93.6 Å². The van der Waals surface area contributed by atoms with E-state index in [1.165, 1.54) is 16.8 Å². The fourth-order valence-corrected chi connectivity index (χ4v) is 8.53. The van der Waals surface area contributed by atoms with Crippen molar-refractivity contribution in [2.45, 2.75) is 58.2 Å². The number of hydrogen-bond donors (Lipinski definition) is 6. The molecule has 23 nitrogen and oxygen atoms in total. The lowest BCUT2D eigenvalue weighted by atomic mass is 9.92. The van der Waals surface area contributed by atoms with Crippen LogP contribution in [0.1, 0.15) is 49.3 Å². The number of amides is 9. The molecule has 75 heavy (non-hydrogen) atoms. The van der Waals surface area contributed by atoms with Crippen LogP contribution in [-0.2, 0) is 44.7 Å². The Hall–Kier alpha value is -7.21. The van der Waals surface area contributed by atoms with Crippen molar-refractivity contribution in [1.29, 1.82) is 0 Å². The van der Waals surface area contributed by atoms with Gasteiger partial charge < -0.3 is 70.5 Å². The molecule has 2 heterocycles. The zero-order valence-corrected chi connectivity index (χ0v) is 43.7. The fraction of sp³-hybridized carbons (Fsp3) is 0.490. The van der Waals surface area contributed by atoms with Crippen molar-refractivity contribution in [3.8, 4) is 5.75 Å². The van der Waals surface area contributed by atoms with Crippen molar-refractivity contribution in [3.05, 3.63) is 77.4 Å². The van der Waals surface area contributed by atoms with Crippen LogP contribution in [0.4, 0.5) is 30.6 Å². The zero-order valence-electron chi connectivity index (χ0n) is 42.9. The van der Waals surface area contributed by atoms with Gasteiger partial charge in [-0.2, -0.15) is 0 Å². The van der Waals surface area contributed by atoms with Crippen LogP contribution in [0, 0.1) is 12.8 Å². The number of carbonyl (C=O) groups excluding carboxylic acids is 8. The average Bonchev–Trinajstić information content (AvgIpc) is 3.88. The number of halogens is 1. The number of imide groups is 1. The molecule has 0 saturated heterocycles. The molecule has 3 atom stereocenters. The number of nitrogens with zero attached hydrogens (tertiary/aromatic N) is 4. The molecule has 408 valence electrons. The summed E-state index contributed by atoms with van der Waals surface area (Å²) in [6.45, 7) is 6.17. The van der Waals surface area contributed by atoms with E-state index in [1.54, 1.807) is 38.1 Å². The summed E-state index contributed by atoms with van der Waals surface area (Å²) in [5.74, 6) is -1.66. The normalized spacial score (nSPS) is 14.6. The monoisotopic (exact) mass is 1070 g/mol. The highest BCUT2D eigenvalue weighted by molar-refractivity contribution is 6.19. The van der Waals surface area contributed by atoms with E-state index >= 15 is 0 Å². The summed E-state index contributed by atoms with van der Waals surface area (Å²) in [7, 11) is 3.50. The average molecular weight is 1070 g/mol. The number of carbonyl (C=O) groups is 8. The number of nitrogens with two attached hydrogens (primary N) is 1. The molecule has 9 amide bonds. The first-order chi connectivity index (χ1) is 35.9. The second-order valence-corrected chi connectivity index (χ2v) is 18.5. The quantitative estimate of drug-likeness (QED) is 0.0344. The minimum Gasteiger partial charge on any atom is -0.447 e. The van der Waals surface area contributed by atoms with Crippen LogP contribution in [0.5, 0.6) is 5.75 Å². The second kappa shape index (κ2) is 29.0. The third-order valence-electron chi connectivity index (χ3n) is 12.3. The van der Waals surface area contributed by atoms with Gasteiger partial charge in [-0.25, -0.2) is 19.2 Å². The van der Waals surface area contributed by atoms with Crippen LogP contribution < -0.4 is 36.6 Å². The van der Waals surface area contributed by atoms with E-state index < -0.39 is 65.9 Å². The highest BCUT2D eigenvalue weighted by Crippen LogP contribution is 2.46. The molecule has 0 bridgehead atoms. The maximum atomic E-state index is 13.9. The largest absolute Gasteiger partial charge is 0.447 e. The van der Waals surface area contributed by atoms with Crippen molar-refractivity contribution in [2.75, 3.05) is 109 Å². The van der Waals surface area contributed by atoms with E-state index in [4.69, 9.17) is 41.0 Å². The molecule has 0 spiro atoms. The van der Waals surface area contributed by atoms with E-state index in [9.17, 15) is 43.5 Å². The number of likely N-dealkylation sites (N-methyl/N-ethyl adjacent to an activating group) is 2. The Morgan fingerprint density at radius 3 is 2.28 bits per heavy atom. The summed E-state index contributed by atoms with van der Waals surface area (Å²) in [5, 5.41) is 21.4. The van der Waals surface area contributed by atoms with E-state index in [0.717, 1.165) is 51.2 Å². The first kappa shape index (κ1) is 58.7. The van der Waals surface area contributed by atoms with Gasteiger partial charge in [0.05, 0.1) is 39.6 Å². The standard InChI is InChI=1S/C51H68ClN9O14/c1-32(2)45(57-49(68)73-27-26-72-24-21-61-41(63)15-16-42(61)64)47(66)56-38(10-7-17-54-48(53)67)46(65)55-36-13-11-34(12-14-36)31-74-50(69)58(4)18-19-60(20-23-71-25-22-62)51(70)75-40-28-39-44(35(29-52)30-59(39)5)43-33(3)8-6-9-37(40)43/h6,8-9,11-16,28,32,35,38,45,62H,7,10,17-27,29-31H2,1-5H3,(H,55,65)(H,56,66)(H,57,68)(H3,53,54,67)/t35-,38+,45?/m1/s1. The predicted octanol–water partition coefficient (Wildman–Crippen LogP) is 3.56. The van der Waals surface area contributed by atoms with E-state index in [1.807, 2.05) is 38.2 Å². The molecule has 0 aliphatic carbocycles. The number of aliphatic hydroxyl groups is 1. The number of benzene rings is 3. The lowest BCUT2D eigenvalue weighted by molar-refractivity contribution is -0.137. The lowest BCUT2D eigenvalue weighted by Crippen LogP contribution is -2.54. The highest BCUT2D eigenvalue weighted by atomic mass is 35.5. The van der Waals surface area contributed by atoms with Crippen LogP contribution in [0.15, 0.2) is 60.7 Å². The maximum absolute atomic E-state index is 13.9. The molecule has 3 aromatic rings. The minimum absolute atomic E-state index is 0.0252. The Balaban J connectivity index is 1.12. The molecule has 0 aromatic heterocycles. The Labute approximate surface area is 440 Å². The number of ether oxygens (including phenoxy) is 5. The van der Waals surface area contributed by atoms with Gasteiger partial charge in [-0.1, -0.05) is 44.2 Å². The van der Waals surface area contributed by atoms with Crippen LogP contribution in [0.25, 0.3) is 10.8 Å². The number of hydrogen-bond acceptors (Lipinski definition) is 15. The topological polar surface area (TPSA) is 290 Å². The fourth-order valence-electron chi connectivity index (χ4n) is 8.28. The number of primary amides is 1. The van der Waals surface area contributed by atoms with Crippen molar-refractivity contribution < 1.29 is 67.1 Å². The third kappa shape index (κ3) is 17.2. The molecule has 5 rings (SSSR count). The summed E-state index contributed by atoms with van der Waals surface area (Å²) >= 11 is 6.40. The number of anilines is 2. The molecule has 3 aromatic carbocycles. The number of alkyl carbamates (subject to hydrolysis) is 1. The SMILES string of the molecule is Cc1cccc2c(OC(=O)N(CCOCCO)CCN(C)C(=O)OCc3ccc(NC(=O)[C@H](CCCNC(N)=O)NC(=O)C(NC(=O)OCCOCCN4C(=O)C=CC4=O)C(C)C)cc3)cc3c(c12)[C@H](CCl)CN3C. The maximum Gasteiger partial charge on any atom is 0.415 e. The van der Waals surface area contributed by atoms with Crippen molar-refractivity contribution in [1.82, 2.24) is 30.7 Å². The summed E-state index contributed by atoms with van der Waals surface area (Å²) in [6.07, 6.45) is 0.408. The van der Waals surface area contributed by atoms with E-state index in [0.29, 0.717) is 22.9 Å². The molecule has 1 unspecified atom stereocenters. The summed E-state index contributed by atoms with van der Waals surface area (Å²) in [4.78, 5) is 107. The number of urea groups is 1. The molecule has 0 saturated carbocycles. The number of aryl methyl sites for hydroxylation is 1. The Morgan fingerprint density at radius 1 is 0.880 bits per heavy atom. The molecule has 7 N–H and O–H groups in total. The van der Waals surface area contributed by atoms with Crippen LogP contribution >= 0.6 is 11.6 Å². The minimum atomic E-state index is -1.12. The van der Waals surface area contributed by atoms with Crippen LogP contribution in [0.2, 0.25) is 0 Å². The smallest absolute Gasteiger partial charge is 0.415 e. The summed E-state index contributed by atoms with van der Waals surface area (Å²) in [6, 6.07) is 11.1. The van der Waals surface area contributed by atoms with Gasteiger partial charge >= 0.3 is 24.3 Å². The number of alkyl halides is 1. The van der Waals surface area contributed by atoms with E-state index in [-0.39, 0.29) is 97.7 Å². The van der Waals surface area contributed by atoms with Gasteiger partial charge in [-0.05, 0) is 59.9 Å². The van der Waals surface area contributed by atoms with Gasteiger partial charge in [0.15, 0.2) is 0 Å². The molecular formula is C51H68ClN9O14. The number of rotatable bonds is 28. The highest BCUT2D eigenvalue weighted by Gasteiger charge is 2.32. The van der Waals surface area contributed by atoms with Gasteiger partial charge in [0.25, 0.3) is 11.8 Å². The van der Waals surface area contributed by atoms with Gasteiger partial charge in [0.2, 0.25) is 11.8 Å². The van der Waals surface area contributed by atoms with E-state index in [2.05, 4.69) is 26.2 Å². The third-order valence-corrected chi connectivity index (χ3v) is 12.7. The van der Waals surface area contributed by atoms with Gasteiger partial charge in [-0.15, -0.1) is 11.6 Å². The van der Waals surface area contributed by atoms with Crippen molar-refractivity contribution >= 4 is 81.7 Å². The Bertz CT molecular complexity index is 2510. The number of fused-ring (bicyclic) bond motifs is 3. The van der Waals surface area contributed by atoms with Gasteiger partial charge in [-0.3, -0.25) is 24.1 Å². The summed E-state index contributed by atoms with van der Waals surface area (Å²) < 4.78 is 27.6. The number of aliphatic hydroxyl groups excluding tert-OH is 1. The predicted molar refractivity (Wildman–Crippen MR) is 277 cm³/mol. The summed E-state index contributed by atoms with van der Waals surface area (Å²) in [5.41, 5.74) is 9.21. The molecule has 0 fully saturated rings. The molecule has 0 radical (unpaired) electrons. The molecule has 2 aliphatic rings. The number of nitrogens with one attached hydrogen (secondary N) is 4. The zero-order chi connectivity index (χ0) is 54.6.